The molecule has 0 aliphatic heterocycles. The highest BCUT2D eigenvalue weighted by molar-refractivity contribution is 6.16. The molecule has 0 bridgehead atoms. The number of aromatic carboxylic acids is 5. The van der Waals surface area contributed by atoms with Gasteiger partial charge in [0.1, 0.15) is 6.61 Å². The molecule has 0 amide bonds. The van der Waals surface area contributed by atoms with Crippen molar-refractivity contribution in [3.05, 3.63) is 81.9 Å². The van der Waals surface area contributed by atoms with Crippen molar-refractivity contribution in [3.8, 4) is 22.3 Å². The Labute approximate surface area is 235 Å². The SMILES string of the molecule is O=C(O)c1cccc(-c2ccc(C(=O)OCCOCCO)c(C(=O)O)c2-c2cccc(C(=O)O)c2C(=O)O)c1C(=O)O. The van der Waals surface area contributed by atoms with Gasteiger partial charge in [0.15, 0.2) is 0 Å². The molecule has 0 aromatic heterocycles. The van der Waals surface area contributed by atoms with Crippen LogP contribution in [0.25, 0.3) is 22.3 Å². The van der Waals surface area contributed by atoms with Gasteiger partial charge in [-0.05, 0) is 34.9 Å². The molecule has 14 heteroatoms. The van der Waals surface area contributed by atoms with Crippen LogP contribution in [0, 0.1) is 0 Å². The number of aliphatic hydroxyl groups is 1. The summed E-state index contributed by atoms with van der Waals surface area (Å²) < 4.78 is 10.1. The fourth-order valence-corrected chi connectivity index (χ4v) is 4.29. The van der Waals surface area contributed by atoms with Crippen molar-refractivity contribution in [1.29, 1.82) is 0 Å². The Bertz CT molecular complexity index is 1600. The number of hydrogen-bond donors (Lipinski definition) is 6. The number of ether oxygens (including phenoxy) is 2. The molecule has 6 N–H and O–H groups in total. The lowest BCUT2D eigenvalue weighted by atomic mass is 9.82. The highest BCUT2D eigenvalue weighted by Gasteiger charge is 2.32. The molecule has 218 valence electrons. The Morgan fingerprint density at radius 3 is 1.55 bits per heavy atom. The molecule has 0 spiro atoms. The molecule has 0 fully saturated rings. The standard InChI is InChI=1S/C28H22O14/c29-9-10-41-11-12-42-28(40)18-8-7-14(13-3-1-5-16(23(30)31)20(13)25(34)35)19(22(18)27(38)39)15-4-2-6-17(24(32)33)21(15)26(36)37/h1-8,29H,9-12H2,(H,30,31)(H,32,33)(H,34,35)(H,36,37)(H,38,39). The van der Waals surface area contributed by atoms with Gasteiger partial charge >= 0.3 is 35.8 Å². The second-order valence-corrected chi connectivity index (χ2v) is 8.36. The number of carboxylic acid groups (broad SMARTS) is 5. The number of carboxylic acids is 5. The van der Waals surface area contributed by atoms with Crippen molar-refractivity contribution in [3.63, 3.8) is 0 Å². The molecule has 14 nitrogen and oxygen atoms in total. The number of hydrogen-bond acceptors (Lipinski definition) is 9. The van der Waals surface area contributed by atoms with Gasteiger partial charge in [-0.2, -0.15) is 0 Å². The summed E-state index contributed by atoms with van der Waals surface area (Å²) in [5.41, 5.74) is -6.28. The van der Waals surface area contributed by atoms with Gasteiger partial charge in [-0.3, -0.25) is 0 Å². The summed E-state index contributed by atoms with van der Waals surface area (Å²) in [5.74, 6) is -9.79. The average molecular weight is 582 g/mol. The van der Waals surface area contributed by atoms with Gasteiger partial charge in [0.05, 0.1) is 53.2 Å². The summed E-state index contributed by atoms with van der Waals surface area (Å²) >= 11 is 0. The van der Waals surface area contributed by atoms with Crippen LogP contribution < -0.4 is 0 Å². The monoisotopic (exact) mass is 582 g/mol. The van der Waals surface area contributed by atoms with Crippen LogP contribution >= 0.6 is 0 Å². The van der Waals surface area contributed by atoms with E-state index in [1.807, 2.05) is 0 Å². The molecule has 42 heavy (non-hydrogen) atoms. The van der Waals surface area contributed by atoms with Gasteiger partial charge < -0.3 is 40.1 Å². The summed E-state index contributed by atoms with van der Waals surface area (Å²) in [5, 5.41) is 58.2. The molecule has 0 radical (unpaired) electrons. The third-order valence-electron chi connectivity index (χ3n) is 5.91. The molecule has 3 rings (SSSR count). The Morgan fingerprint density at radius 2 is 1.05 bits per heavy atom. The fraction of sp³-hybridized carbons (Fsp3) is 0.143. The van der Waals surface area contributed by atoms with Crippen LogP contribution in [-0.2, 0) is 9.47 Å². The number of aliphatic hydroxyl groups excluding tert-OH is 1. The summed E-state index contributed by atoms with van der Waals surface area (Å²) in [7, 11) is 0. The normalized spacial score (nSPS) is 10.6. The second-order valence-electron chi connectivity index (χ2n) is 8.36. The second kappa shape index (κ2) is 13.2. The molecule has 0 heterocycles. The minimum atomic E-state index is -1.79. The van der Waals surface area contributed by atoms with E-state index >= 15 is 0 Å². The first-order valence-electron chi connectivity index (χ1n) is 11.9. The number of esters is 1. The molecular weight excluding hydrogens is 560 g/mol. The smallest absolute Gasteiger partial charge is 0.339 e. The van der Waals surface area contributed by atoms with E-state index in [-0.39, 0.29) is 37.6 Å². The average Bonchev–Trinajstić information content (AvgIpc) is 2.94. The van der Waals surface area contributed by atoms with Crippen LogP contribution in [0.3, 0.4) is 0 Å². The van der Waals surface area contributed by atoms with Crippen LogP contribution in [0.2, 0.25) is 0 Å². The summed E-state index contributed by atoms with van der Waals surface area (Å²) in [4.78, 5) is 73.9. The van der Waals surface area contributed by atoms with Crippen molar-refractivity contribution < 1.29 is 68.9 Å². The summed E-state index contributed by atoms with van der Waals surface area (Å²) in [6.07, 6.45) is 0. The Kier molecular flexibility index (Phi) is 9.70. The topological polar surface area (TPSA) is 242 Å². The van der Waals surface area contributed by atoms with E-state index in [0.29, 0.717) is 0 Å². The minimum absolute atomic E-state index is 0.0596. The first-order chi connectivity index (χ1) is 19.9. The maximum absolute atomic E-state index is 13.0. The van der Waals surface area contributed by atoms with Crippen LogP contribution in [0.1, 0.15) is 62.1 Å². The van der Waals surface area contributed by atoms with E-state index in [2.05, 4.69) is 0 Å². The lowest BCUT2D eigenvalue weighted by Gasteiger charge is -2.20. The summed E-state index contributed by atoms with van der Waals surface area (Å²) in [6, 6.07) is 8.51. The Morgan fingerprint density at radius 1 is 0.524 bits per heavy atom. The first-order valence-corrected chi connectivity index (χ1v) is 11.9. The molecule has 0 saturated carbocycles. The van der Waals surface area contributed by atoms with Gasteiger partial charge in [0.2, 0.25) is 0 Å². The van der Waals surface area contributed by atoms with Gasteiger partial charge in [0.25, 0.3) is 0 Å². The van der Waals surface area contributed by atoms with E-state index < -0.39 is 80.3 Å². The van der Waals surface area contributed by atoms with Crippen molar-refractivity contribution in [2.45, 2.75) is 0 Å². The zero-order valence-corrected chi connectivity index (χ0v) is 21.4. The maximum atomic E-state index is 13.0. The quantitative estimate of drug-likeness (QED) is 0.125. The van der Waals surface area contributed by atoms with Crippen molar-refractivity contribution in [1.82, 2.24) is 0 Å². The fourth-order valence-electron chi connectivity index (χ4n) is 4.29. The third-order valence-corrected chi connectivity index (χ3v) is 5.91. The van der Waals surface area contributed by atoms with Gasteiger partial charge in [-0.25, -0.2) is 28.8 Å². The first kappa shape index (κ1) is 30.9. The lowest BCUT2D eigenvalue weighted by Crippen LogP contribution is -2.18. The number of rotatable bonds is 13. The molecule has 0 saturated heterocycles. The molecular formula is C28H22O14. The van der Waals surface area contributed by atoms with E-state index in [0.717, 1.165) is 42.5 Å². The van der Waals surface area contributed by atoms with Gasteiger partial charge in [0, 0.05) is 5.56 Å². The predicted octanol–water partition coefficient (Wildman–Crippen LogP) is 2.68. The Hall–Kier alpha value is -5.60. The van der Waals surface area contributed by atoms with E-state index in [1.54, 1.807) is 0 Å². The molecule has 0 aliphatic rings. The number of benzene rings is 3. The predicted molar refractivity (Wildman–Crippen MR) is 140 cm³/mol. The molecule has 3 aromatic rings. The zero-order valence-electron chi connectivity index (χ0n) is 21.4. The zero-order chi connectivity index (χ0) is 31.1. The number of carbonyl (C=O) groups excluding carboxylic acids is 1. The largest absolute Gasteiger partial charge is 0.478 e. The van der Waals surface area contributed by atoms with Crippen molar-refractivity contribution in [2.75, 3.05) is 26.4 Å². The van der Waals surface area contributed by atoms with Gasteiger partial charge in [-0.15, -0.1) is 0 Å². The molecule has 0 atom stereocenters. The maximum Gasteiger partial charge on any atom is 0.339 e. The van der Waals surface area contributed by atoms with Crippen LogP contribution in [0.15, 0.2) is 48.5 Å². The molecule has 3 aromatic carbocycles. The van der Waals surface area contributed by atoms with E-state index in [4.69, 9.17) is 14.6 Å². The van der Waals surface area contributed by atoms with E-state index in [1.165, 1.54) is 6.07 Å². The van der Waals surface area contributed by atoms with Crippen LogP contribution in [-0.4, -0.2) is 92.9 Å². The molecule has 0 unspecified atom stereocenters. The highest BCUT2D eigenvalue weighted by atomic mass is 16.6. The molecule has 0 aliphatic carbocycles. The highest BCUT2D eigenvalue weighted by Crippen LogP contribution is 2.41. The van der Waals surface area contributed by atoms with Crippen molar-refractivity contribution in [2.24, 2.45) is 0 Å². The van der Waals surface area contributed by atoms with Crippen molar-refractivity contribution >= 4 is 35.8 Å². The third kappa shape index (κ3) is 6.24. The van der Waals surface area contributed by atoms with E-state index in [9.17, 15) is 54.3 Å². The van der Waals surface area contributed by atoms with Crippen LogP contribution in [0.5, 0.6) is 0 Å². The minimum Gasteiger partial charge on any atom is -0.478 e. The number of carbonyl (C=O) groups is 6. The van der Waals surface area contributed by atoms with Crippen LogP contribution in [0.4, 0.5) is 0 Å². The Balaban J connectivity index is 2.48. The van der Waals surface area contributed by atoms with Gasteiger partial charge in [-0.1, -0.05) is 30.3 Å². The summed E-state index contributed by atoms with van der Waals surface area (Å²) in [6.45, 7) is -0.887. The lowest BCUT2D eigenvalue weighted by molar-refractivity contribution is 0.0254.